The number of benzene rings is 1. The molecule has 1 saturated heterocycles. The summed E-state index contributed by atoms with van der Waals surface area (Å²) in [5.41, 5.74) is 1.14. The van der Waals surface area contributed by atoms with Gasteiger partial charge in [-0.25, -0.2) is 9.18 Å². The van der Waals surface area contributed by atoms with Crippen molar-refractivity contribution in [3.63, 3.8) is 0 Å². The number of carboxylic acid groups (broad SMARTS) is 1. The van der Waals surface area contributed by atoms with Crippen molar-refractivity contribution in [2.24, 2.45) is 17.8 Å². The van der Waals surface area contributed by atoms with Gasteiger partial charge in [-0.05, 0) is 47.6 Å². The van der Waals surface area contributed by atoms with Gasteiger partial charge in [-0.1, -0.05) is 12.1 Å². The first-order valence-electron chi connectivity index (χ1n) is 9.69. The van der Waals surface area contributed by atoms with Crippen molar-refractivity contribution in [3.8, 4) is 0 Å². The van der Waals surface area contributed by atoms with Gasteiger partial charge in [-0.15, -0.1) is 0 Å². The molecule has 0 radical (unpaired) electrons. The number of aliphatic carboxylic acids is 1. The summed E-state index contributed by atoms with van der Waals surface area (Å²) in [5, 5.41) is 10.0. The summed E-state index contributed by atoms with van der Waals surface area (Å²) < 4.78 is 49.9. The van der Waals surface area contributed by atoms with Crippen LogP contribution in [0.5, 0.6) is 0 Å². The van der Waals surface area contributed by atoms with E-state index in [4.69, 9.17) is 14.3 Å². The highest BCUT2D eigenvalue weighted by Gasteiger charge is 2.55. The number of fused-ring (bicyclic) bond motifs is 1. The zero-order valence-corrected chi connectivity index (χ0v) is 16.4. The van der Waals surface area contributed by atoms with Crippen molar-refractivity contribution in [3.05, 3.63) is 59.8 Å². The van der Waals surface area contributed by atoms with Crippen LogP contribution in [0.4, 0.5) is 17.6 Å². The predicted octanol–water partition coefficient (Wildman–Crippen LogP) is 3.44. The van der Waals surface area contributed by atoms with Gasteiger partial charge < -0.3 is 14.8 Å². The minimum Gasteiger partial charge on any atom is -0.475 e. The Bertz CT molecular complexity index is 872. The monoisotopic (exact) mass is 442 g/mol. The summed E-state index contributed by atoms with van der Waals surface area (Å²) in [6.45, 7) is 3.41. The average molecular weight is 442 g/mol. The van der Waals surface area contributed by atoms with E-state index in [1.54, 1.807) is 6.26 Å². The Morgan fingerprint density at radius 3 is 2.26 bits per heavy atom. The van der Waals surface area contributed by atoms with E-state index in [0.29, 0.717) is 30.7 Å². The van der Waals surface area contributed by atoms with E-state index < -0.39 is 12.1 Å². The van der Waals surface area contributed by atoms with Gasteiger partial charge in [0.25, 0.3) is 0 Å². The summed E-state index contributed by atoms with van der Waals surface area (Å²) >= 11 is 0. The van der Waals surface area contributed by atoms with Gasteiger partial charge >= 0.3 is 12.1 Å². The maximum absolute atomic E-state index is 12.9. The van der Waals surface area contributed by atoms with Gasteiger partial charge in [0, 0.05) is 26.1 Å². The van der Waals surface area contributed by atoms with Crippen molar-refractivity contribution >= 4 is 11.9 Å². The molecule has 1 aromatic heterocycles. The highest BCUT2D eigenvalue weighted by atomic mass is 19.4. The first kappa shape index (κ1) is 22.8. The molecule has 1 unspecified atom stereocenters. The summed E-state index contributed by atoms with van der Waals surface area (Å²) in [6, 6.07) is 10.4. The minimum absolute atomic E-state index is 0.107. The number of carbonyl (C=O) groups is 2. The Morgan fingerprint density at radius 1 is 1.13 bits per heavy atom. The number of nitrogens with one attached hydrogen (secondary N) is 1. The number of furan rings is 1. The molecule has 1 amide bonds. The fraction of sp³-hybridized carbons (Fsp3) is 0.429. The summed E-state index contributed by atoms with van der Waals surface area (Å²) in [4.78, 5) is 23.3. The van der Waals surface area contributed by atoms with Crippen molar-refractivity contribution < 1.29 is 36.7 Å². The van der Waals surface area contributed by atoms with E-state index in [2.05, 4.69) is 10.2 Å². The van der Waals surface area contributed by atoms with Crippen LogP contribution in [0, 0.1) is 23.6 Å². The number of halogens is 4. The van der Waals surface area contributed by atoms with E-state index in [1.807, 2.05) is 24.3 Å². The van der Waals surface area contributed by atoms with Crippen LogP contribution in [0.2, 0.25) is 0 Å². The van der Waals surface area contributed by atoms with Crippen molar-refractivity contribution in [2.45, 2.75) is 25.7 Å². The second-order valence-corrected chi connectivity index (χ2v) is 7.68. The number of alkyl halides is 3. The van der Waals surface area contributed by atoms with Gasteiger partial charge in [0.1, 0.15) is 11.6 Å². The summed E-state index contributed by atoms with van der Waals surface area (Å²) in [5.74, 6) is -0.262. The van der Waals surface area contributed by atoms with Crippen LogP contribution in [-0.2, 0) is 22.7 Å². The van der Waals surface area contributed by atoms with E-state index in [1.165, 1.54) is 12.1 Å². The number of piperidine rings is 1. The molecule has 1 aromatic carbocycles. The number of hydrogen-bond acceptors (Lipinski definition) is 4. The molecule has 1 aliphatic heterocycles. The Kier molecular flexibility index (Phi) is 6.99. The molecule has 2 aliphatic rings. The van der Waals surface area contributed by atoms with Crippen LogP contribution in [0.1, 0.15) is 17.7 Å². The fourth-order valence-corrected chi connectivity index (χ4v) is 3.90. The minimum atomic E-state index is -5.08. The zero-order valence-electron chi connectivity index (χ0n) is 16.4. The van der Waals surface area contributed by atoms with E-state index in [-0.39, 0.29) is 11.7 Å². The smallest absolute Gasteiger partial charge is 0.475 e. The molecule has 3 atom stereocenters. The molecule has 2 aromatic rings. The summed E-state index contributed by atoms with van der Waals surface area (Å²) in [6.07, 6.45) is -2.86. The first-order chi connectivity index (χ1) is 14.6. The molecule has 2 heterocycles. The number of carboxylic acids is 1. The highest BCUT2D eigenvalue weighted by molar-refractivity contribution is 5.76. The molecular formula is C21H22F4N2O4. The van der Waals surface area contributed by atoms with Crippen molar-refractivity contribution in [1.82, 2.24) is 10.2 Å². The first-order valence-corrected chi connectivity index (χ1v) is 9.69. The maximum Gasteiger partial charge on any atom is 0.490 e. The third kappa shape index (κ3) is 6.55. The Labute approximate surface area is 175 Å². The van der Waals surface area contributed by atoms with Crippen LogP contribution >= 0.6 is 0 Å². The lowest BCUT2D eigenvalue weighted by Crippen LogP contribution is -2.27. The predicted molar refractivity (Wildman–Crippen MR) is 101 cm³/mol. The number of hydrogen-bond donors (Lipinski definition) is 2. The zero-order chi connectivity index (χ0) is 22.6. The van der Waals surface area contributed by atoms with Gasteiger partial charge in [0.15, 0.2) is 0 Å². The number of nitrogens with zero attached hydrogens (tertiary/aromatic N) is 1. The summed E-state index contributed by atoms with van der Waals surface area (Å²) in [7, 11) is 0. The highest BCUT2D eigenvalue weighted by Crippen LogP contribution is 2.53. The average Bonchev–Trinajstić information content (AvgIpc) is 3.11. The lowest BCUT2D eigenvalue weighted by atomic mass is 10.1. The lowest BCUT2D eigenvalue weighted by Gasteiger charge is -2.19. The number of carbonyl (C=O) groups excluding carboxylic acids is 1. The lowest BCUT2D eigenvalue weighted by molar-refractivity contribution is -0.192. The van der Waals surface area contributed by atoms with Gasteiger partial charge in [-0.2, -0.15) is 13.2 Å². The topological polar surface area (TPSA) is 82.8 Å². The molecule has 4 rings (SSSR count). The third-order valence-electron chi connectivity index (χ3n) is 5.47. The molecule has 6 nitrogen and oxygen atoms in total. The number of likely N-dealkylation sites (tertiary alicyclic amines) is 1. The molecule has 1 saturated carbocycles. The molecule has 2 fully saturated rings. The molecule has 2 N–H and O–H groups in total. The van der Waals surface area contributed by atoms with Gasteiger partial charge in [0.2, 0.25) is 5.91 Å². The van der Waals surface area contributed by atoms with Crippen LogP contribution in [-0.4, -0.2) is 41.1 Å². The largest absolute Gasteiger partial charge is 0.490 e. The molecular weight excluding hydrogens is 420 g/mol. The fourth-order valence-electron chi connectivity index (χ4n) is 3.90. The quantitative estimate of drug-likeness (QED) is 0.670. The van der Waals surface area contributed by atoms with Crippen molar-refractivity contribution in [1.29, 1.82) is 0 Å². The van der Waals surface area contributed by atoms with E-state index in [0.717, 1.165) is 31.0 Å². The Balaban J connectivity index is 0.000000339. The van der Waals surface area contributed by atoms with Gasteiger partial charge in [0.05, 0.1) is 12.8 Å². The van der Waals surface area contributed by atoms with E-state index in [9.17, 15) is 22.4 Å². The van der Waals surface area contributed by atoms with Crippen LogP contribution in [0.15, 0.2) is 47.1 Å². The number of amides is 1. The standard InChI is InChI=1S/C19H21FN2O2.C2HF3O2/c20-14-5-3-13(4-6-14)10-22-11-17-16(18(17)12-22)8-19(23)21-9-15-2-1-7-24-15;3-2(4,5)1(6)7/h1-7,16-18H,8-12H2,(H,21,23);(H,6,7)/t16?,17-,18+;. The molecule has 10 heteroatoms. The Hall–Kier alpha value is -2.88. The second kappa shape index (κ2) is 9.51. The molecule has 31 heavy (non-hydrogen) atoms. The number of rotatable bonds is 6. The second-order valence-electron chi connectivity index (χ2n) is 7.68. The normalized spacial score (nSPS) is 22.3. The maximum atomic E-state index is 12.9. The van der Waals surface area contributed by atoms with E-state index >= 15 is 0 Å². The van der Waals surface area contributed by atoms with Crippen molar-refractivity contribution in [2.75, 3.05) is 13.1 Å². The molecule has 1 aliphatic carbocycles. The molecule has 0 bridgehead atoms. The SMILES string of the molecule is O=C(CC1[C@H]2CN(Cc3ccc(F)cc3)C[C@@H]12)NCc1ccco1.O=C(O)C(F)(F)F. The van der Waals surface area contributed by atoms with Crippen LogP contribution in [0.25, 0.3) is 0 Å². The van der Waals surface area contributed by atoms with Gasteiger partial charge in [-0.3, -0.25) is 9.69 Å². The third-order valence-corrected chi connectivity index (χ3v) is 5.47. The molecule has 0 spiro atoms. The Morgan fingerprint density at radius 2 is 1.74 bits per heavy atom. The van der Waals surface area contributed by atoms with Crippen LogP contribution < -0.4 is 5.32 Å². The molecule has 168 valence electrons. The van der Waals surface area contributed by atoms with Crippen LogP contribution in [0.3, 0.4) is 0 Å².